The summed E-state index contributed by atoms with van der Waals surface area (Å²) in [5, 5.41) is 9.97. The standard InChI is InChI=1S/C20H20N2O4/c1-2-16-13(20(24)25)9-15-17(23)14-8-12(11-6-4-3-5-7-11)10-21-18(14)26-19(15)22-16/h8-11H,2-7H2,1H3,(H,24,25). The summed E-state index contributed by atoms with van der Waals surface area (Å²) < 4.78 is 5.73. The van der Waals surface area contributed by atoms with Gasteiger partial charge in [0.15, 0.2) is 0 Å². The van der Waals surface area contributed by atoms with Gasteiger partial charge in [-0.25, -0.2) is 14.8 Å². The zero-order valence-electron chi connectivity index (χ0n) is 14.6. The highest BCUT2D eigenvalue weighted by molar-refractivity contribution is 5.95. The van der Waals surface area contributed by atoms with Gasteiger partial charge >= 0.3 is 5.97 Å². The average molecular weight is 352 g/mol. The first kappa shape index (κ1) is 16.7. The van der Waals surface area contributed by atoms with Crippen LogP contribution in [0.25, 0.3) is 22.2 Å². The molecule has 6 heteroatoms. The normalized spacial score (nSPS) is 15.6. The van der Waals surface area contributed by atoms with E-state index in [1.807, 2.05) is 13.0 Å². The van der Waals surface area contributed by atoms with E-state index in [0.29, 0.717) is 23.4 Å². The molecule has 0 atom stereocenters. The maximum absolute atomic E-state index is 13.0. The van der Waals surface area contributed by atoms with Crippen molar-refractivity contribution < 1.29 is 14.3 Å². The molecule has 3 aromatic rings. The van der Waals surface area contributed by atoms with Crippen LogP contribution in [0.3, 0.4) is 0 Å². The van der Waals surface area contributed by atoms with Gasteiger partial charge < -0.3 is 9.52 Å². The fraction of sp³-hybridized carbons (Fsp3) is 0.400. The lowest BCUT2D eigenvalue weighted by Gasteiger charge is -2.21. The van der Waals surface area contributed by atoms with Gasteiger partial charge in [0.25, 0.3) is 0 Å². The molecule has 1 aliphatic carbocycles. The SMILES string of the molecule is CCc1nc2oc3ncc(C4CCCCC4)cc3c(=O)c2cc1C(=O)O. The van der Waals surface area contributed by atoms with Crippen LogP contribution in [0.2, 0.25) is 0 Å². The zero-order chi connectivity index (χ0) is 18.3. The van der Waals surface area contributed by atoms with Gasteiger partial charge in [-0.1, -0.05) is 26.2 Å². The van der Waals surface area contributed by atoms with Crippen LogP contribution in [0.1, 0.15) is 66.6 Å². The Hall–Kier alpha value is -2.76. The molecule has 0 radical (unpaired) electrons. The fourth-order valence-electron chi connectivity index (χ4n) is 3.84. The zero-order valence-corrected chi connectivity index (χ0v) is 14.6. The summed E-state index contributed by atoms with van der Waals surface area (Å²) in [5.41, 5.74) is 1.61. The van der Waals surface area contributed by atoms with Crippen molar-refractivity contribution in [3.63, 3.8) is 0 Å². The lowest BCUT2D eigenvalue weighted by Crippen LogP contribution is -2.11. The minimum Gasteiger partial charge on any atom is -0.478 e. The number of fused-ring (bicyclic) bond motifs is 2. The Bertz CT molecular complexity index is 1060. The van der Waals surface area contributed by atoms with E-state index >= 15 is 0 Å². The first-order valence-electron chi connectivity index (χ1n) is 9.08. The van der Waals surface area contributed by atoms with Gasteiger partial charge in [0, 0.05) is 6.20 Å². The number of aromatic carboxylic acids is 1. The summed E-state index contributed by atoms with van der Waals surface area (Å²) in [6.07, 6.45) is 8.09. The molecule has 6 nitrogen and oxygen atoms in total. The Morgan fingerprint density at radius 1 is 1.19 bits per heavy atom. The van der Waals surface area contributed by atoms with Gasteiger partial charge in [0.1, 0.15) is 0 Å². The van der Waals surface area contributed by atoms with E-state index in [1.54, 1.807) is 6.20 Å². The van der Waals surface area contributed by atoms with Crippen LogP contribution in [-0.4, -0.2) is 21.0 Å². The highest BCUT2D eigenvalue weighted by Crippen LogP contribution is 2.33. The molecule has 4 rings (SSSR count). The third-order valence-electron chi connectivity index (χ3n) is 5.26. The molecule has 1 aliphatic rings. The summed E-state index contributed by atoms with van der Waals surface area (Å²) in [5.74, 6) is -0.671. The molecule has 3 aromatic heterocycles. The fourth-order valence-corrected chi connectivity index (χ4v) is 3.84. The van der Waals surface area contributed by atoms with Gasteiger partial charge in [0.05, 0.1) is 22.0 Å². The maximum atomic E-state index is 13.0. The number of hydrogen-bond donors (Lipinski definition) is 1. The lowest BCUT2D eigenvalue weighted by molar-refractivity contribution is 0.0695. The van der Waals surface area contributed by atoms with Crippen molar-refractivity contribution in [2.75, 3.05) is 0 Å². The number of carboxylic acids is 1. The molecule has 0 amide bonds. The van der Waals surface area contributed by atoms with E-state index in [0.717, 1.165) is 18.4 Å². The van der Waals surface area contributed by atoms with E-state index in [1.165, 1.54) is 25.3 Å². The smallest absolute Gasteiger partial charge is 0.337 e. The summed E-state index contributed by atoms with van der Waals surface area (Å²) >= 11 is 0. The number of nitrogens with zero attached hydrogens (tertiary/aromatic N) is 2. The minimum absolute atomic E-state index is 0.0445. The van der Waals surface area contributed by atoms with Crippen molar-refractivity contribution in [1.29, 1.82) is 0 Å². The highest BCUT2D eigenvalue weighted by Gasteiger charge is 2.20. The Kier molecular flexibility index (Phi) is 4.18. The van der Waals surface area contributed by atoms with E-state index < -0.39 is 5.97 Å². The number of hydrogen-bond acceptors (Lipinski definition) is 5. The molecule has 134 valence electrons. The van der Waals surface area contributed by atoms with Crippen LogP contribution in [0.15, 0.2) is 27.5 Å². The average Bonchev–Trinajstić information content (AvgIpc) is 2.67. The van der Waals surface area contributed by atoms with Crippen LogP contribution >= 0.6 is 0 Å². The first-order valence-corrected chi connectivity index (χ1v) is 9.08. The third-order valence-corrected chi connectivity index (χ3v) is 5.26. The number of carboxylic acid groups (broad SMARTS) is 1. The largest absolute Gasteiger partial charge is 0.478 e. The second-order valence-electron chi connectivity index (χ2n) is 6.88. The van der Waals surface area contributed by atoms with Crippen molar-refractivity contribution in [3.05, 3.63) is 45.4 Å². The molecule has 0 aromatic carbocycles. The van der Waals surface area contributed by atoms with Crippen molar-refractivity contribution in [3.8, 4) is 0 Å². The van der Waals surface area contributed by atoms with Crippen molar-refractivity contribution >= 4 is 28.2 Å². The molecule has 0 unspecified atom stereocenters. The van der Waals surface area contributed by atoms with Crippen molar-refractivity contribution in [2.24, 2.45) is 0 Å². The number of rotatable bonds is 3. The topological polar surface area (TPSA) is 93.3 Å². The molecule has 0 spiro atoms. The Morgan fingerprint density at radius 3 is 2.62 bits per heavy atom. The van der Waals surface area contributed by atoms with Crippen LogP contribution < -0.4 is 5.43 Å². The number of pyridine rings is 2. The van der Waals surface area contributed by atoms with Crippen LogP contribution in [0.5, 0.6) is 0 Å². The second kappa shape index (κ2) is 6.52. The molecule has 1 saturated carbocycles. The molecule has 0 saturated heterocycles. The van der Waals surface area contributed by atoms with Gasteiger partial charge in [0.2, 0.25) is 16.9 Å². The van der Waals surface area contributed by atoms with Gasteiger partial charge in [-0.2, -0.15) is 0 Å². The first-order chi connectivity index (χ1) is 12.6. The van der Waals surface area contributed by atoms with Crippen LogP contribution in [0, 0.1) is 0 Å². The molecule has 3 heterocycles. The summed E-state index contributed by atoms with van der Waals surface area (Å²) in [4.78, 5) is 33.0. The molecular weight excluding hydrogens is 332 g/mol. The predicted molar refractivity (Wildman–Crippen MR) is 97.7 cm³/mol. The highest BCUT2D eigenvalue weighted by atomic mass is 16.4. The van der Waals surface area contributed by atoms with E-state index in [9.17, 15) is 14.7 Å². The lowest BCUT2D eigenvalue weighted by atomic mass is 9.84. The second-order valence-corrected chi connectivity index (χ2v) is 6.88. The molecule has 1 fully saturated rings. The van der Waals surface area contributed by atoms with Crippen LogP contribution in [0.4, 0.5) is 0 Å². The summed E-state index contributed by atoms with van der Waals surface area (Å²) in [6.45, 7) is 1.81. The van der Waals surface area contributed by atoms with Crippen molar-refractivity contribution in [1.82, 2.24) is 9.97 Å². The van der Waals surface area contributed by atoms with E-state index in [-0.39, 0.29) is 27.8 Å². The van der Waals surface area contributed by atoms with E-state index in [4.69, 9.17) is 4.42 Å². The molecular formula is C20H20N2O4. The molecule has 0 bridgehead atoms. The van der Waals surface area contributed by atoms with Gasteiger partial charge in [-0.15, -0.1) is 0 Å². The Labute approximate surface area is 149 Å². The summed E-state index contributed by atoms with van der Waals surface area (Å²) in [7, 11) is 0. The molecule has 26 heavy (non-hydrogen) atoms. The monoisotopic (exact) mass is 352 g/mol. The van der Waals surface area contributed by atoms with Crippen LogP contribution in [-0.2, 0) is 6.42 Å². The Morgan fingerprint density at radius 2 is 1.92 bits per heavy atom. The van der Waals surface area contributed by atoms with E-state index in [2.05, 4.69) is 9.97 Å². The van der Waals surface area contributed by atoms with Crippen molar-refractivity contribution in [2.45, 2.75) is 51.4 Å². The van der Waals surface area contributed by atoms with Gasteiger partial charge in [-0.3, -0.25) is 4.79 Å². The molecule has 0 aliphatic heterocycles. The quantitative estimate of drug-likeness (QED) is 0.715. The molecule has 1 N–H and O–H groups in total. The number of carbonyl (C=O) groups is 1. The third kappa shape index (κ3) is 2.75. The number of aryl methyl sites for hydroxylation is 1. The summed E-state index contributed by atoms with van der Waals surface area (Å²) in [6, 6.07) is 3.24. The predicted octanol–water partition coefficient (Wildman–Crippen LogP) is 4.04. The number of aromatic nitrogens is 2. The Balaban J connectivity index is 1.93. The van der Waals surface area contributed by atoms with Gasteiger partial charge in [-0.05, 0) is 42.9 Å². The minimum atomic E-state index is -1.09. The maximum Gasteiger partial charge on any atom is 0.337 e.